The molecule has 13 nitrogen and oxygen atoms in total. The summed E-state index contributed by atoms with van der Waals surface area (Å²) >= 11 is 0. The van der Waals surface area contributed by atoms with Crippen LogP contribution in [0.5, 0.6) is 0 Å². The molecule has 0 aliphatic carbocycles. The van der Waals surface area contributed by atoms with E-state index in [1.165, 1.54) is 9.58 Å². The third-order valence-electron chi connectivity index (χ3n) is 6.58. The number of likely N-dealkylation sites (tertiary alicyclic amines) is 1. The summed E-state index contributed by atoms with van der Waals surface area (Å²) in [6.45, 7) is 4.43. The second-order valence-corrected chi connectivity index (χ2v) is 10.6. The molecule has 1 aliphatic heterocycles. The van der Waals surface area contributed by atoms with E-state index in [1.54, 1.807) is 13.8 Å². The number of hydrogen-bond donors (Lipinski definition) is 2. The van der Waals surface area contributed by atoms with Gasteiger partial charge >= 0.3 is 12.1 Å². The molecule has 3 N–H and O–H groups in total. The van der Waals surface area contributed by atoms with Gasteiger partial charge in [-0.15, -0.1) is 5.10 Å². The number of amides is 2. The fourth-order valence-corrected chi connectivity index (χ4v) is 4.31. The highest BCUT2D eigenvalue weighted by Crippen LogP contribution is 2.16. The van der Waals surface area contributed by atoms with Crippen LogP contribution >= 0.6 is 0 Å². The van der Waals surface area contributed by atoms with Gasteiger partial charge in [-0.3, -0.25) is 9.59 Å². The Labute approximate surface area is 244 Å². The summed E-state index contributed by atoms with van der Waals surface area (Å²) in [6.07, 6.45) is -0.189. The van der Waals surface area contributed by atoms with Crippen molar-refractivity contribution in [2.75, 3.05) is 26.3 Å². The first-order valence-electron chi connectivity index (χ1n) is 13.8. The van der Waals surface area contributed by atoms with E-state index < -0.39 is 23.6 Å². The fourth-order valence-electron chi connectivity index (χ4n) is 4.31. The van der Waals surface area contributed by atoms with E-state index in [0.29, 0.717) is 25.4 Å². The highest BCUT2D eigenvalue weighted by Gasteiger charge is 2.31. The normalized spacial score (nSPS) is 15.7. The molecule has 1 aliphatic rings. The van der Waals surface area contributed by atoms with Crippen molar-refractivity contribution in [3.05, 3.63) is 77.6 Å². The Balaban J connectivity index is 1.27. The van der Waals surface area contributed by atoms with Crippen molar-refractivity contribution in [2.45, 2.75) is 57.5 Å². The van der Waals surface area contributed by atoms with Gasteiger partial charge in [0.05, 0.1) is 38.3 Å². The van der Waals surface area contributed by atoms with E-state index >= 15 is 0 Å². The first kappa shape index (κ1) is 30.6. The van der Waals surface area contributed by atoms with Crippen LogP contribution in [-0.2, 0) is 43.4 Å². The van der Waals surface area contributed by atoms with Crippen LogP contribution in [0.3, 0.4) is 0 Å². The minimum absolute atomic E-state index is 0.0141. The zero-order valence-corrected chi connectivity index (χ0v) is 23.8. The summed E-state index contributed by atoms with van der Waals surface area (Å²) in [5, 5.41) is 14.7. The molecule has 2 heterocycles. The van der Waals surface area contributed by atoms with Gasteiger partial charge in [0, 0.05) is 13.0 Å². The quantitative estimate of drug-likeness (QED) is 0.285. The zero-order valence-electron chi connectivity index (χ0n) is 23.8. The summed E-state index contributed by atoms with van der Waals surface area (Å²) in [6, 6.07) is 18.3. The van der Waals surface area contributed by atoms with Gasteiger partial charge in [-0.1, -0.05) is 60.7 Å². The number of carbonyl (C=O) groups is 3. The fraction of sp³-hybridized carbons (Fsp3) is 0.448. The van der Waals surface area contributed by atoms with Crippen molar-refractivity contribution >= 4 is 18.0 Å². The number of rotatable bonds is 13. The molecular formula is C29H37N7O6. The molecule has 2 amide bonds. The first-order chi connectivity index (χ1) is 20.2. The number of tetrazole rings is 1. The monoisotopic (exact) mass is 579 g/mol. The second kappa shape index (κ2) is 14.5. The SMILES string of the molecule is CC(C)(N)C(=O)N[C@H](COCc1ccccc1)c1nnnn1CCOC(=O)N1CC[C@@H](OC(=O)Cc2ccccc2)C1. The molecule has 2 aromatic carbocycles. The summed E-state index contributed by atoms with van der Waals surface area (Å²) in [5.41, 5.74) is 6.70. The summed E-state index contributed by atoms with van der Waals surface area (Å²) < 4.78 is 18.3. The highest BCUT2D eigenvalue weighted by atomic mass is 16.6. The van der Waals surface area contributed by atoms with E-state index in [4.69, 9.17) is 19.9 Å². The number of ether oxygens (including phenoxy) is 3. The number of aromatic nitrogens is 4. The molecule has 2 atom stereocenters. The number of carbonyl (C=O) groups excluding carboxylic acids is 3. The molecule has 13 heteroatoms. The number of esters is 1. The smallest absolute Gasteiger partial charge is 0.409 e. The number of nitrogens with one attached hydrogen (secondary N) is 1. The minimum atomic E-state index is -1.13. The maximum absolute atomic E-state index is 12.7. The topological polar surface area (TPSA) is 164 Å². The van der Waals surface area contributed by atoms with Crippen LogP contribution in [0.15, 0.2) is 60.7 Å². The molecule has 0 radical (unpaired) electrons. The van der Waals surface area contributed by atoms with Gasteiger partial charge in [0.25, 0.3) is 0 Å². The van der Waals surface area contributed by atoms with Crippen molar-refractivity contribution in [1.29, 1.82) is 0 Å². The highest BCUT2D eigenvalue weighted by molar-refractivity contribution is 5.85. The number of hydrogen-bond acceptors (Lipinski definition) is 10. The number of benzene rings is 2. The largest absolute Gasteiger partial charge is 0.460 e. The Bertz CT molecular complexity index is 1310. The standard InChI is InChI=1S/C29H37N7O6/c1-29(2,30)27(38)31-24(20-40-19-22-11-7-4-8-12-22)26-32-33-34-36(26)15-16-41-28(39)35-14-13-23(18-35)42-25(37)17-21-9-5-3-6-10-21/h3-12,23-24H,13-20,30H2,1-2H3,(H,31,38)/t23-,24-/m1/s1. The predicted octanol–water partition coefficient (Wildman–Crippen LogP) is 1.78. The van der Waals surface area contributed by atoms with E-state index in [-0.39, 0.29) is 44.8 Å². The Morgan fingerprint density at radius 3 is 2.45 bits per heavy atom. The average Bonchev–Trinajstić information content (AvgIpc) is 3.63. The van der Waals surface area contributed by atoms with Crippen LogP contribution in [0.2, 0.25) is 0 Å². The Hall–Kier alpha value is -4.36. The van der Waals surface area contributed by atoms with E-state index in [1.807, 2.05) is 60.7 Å². The number of nitrogens with two attached hydrogens (primary N) is 1. The molecule has 1 aromatic heterocycles. The Kier molecular flexibility index (Phi) is 10.6. The molecule has 42 heavy (non-hydrogen) atoms. The van der Waals surface area contributed by atoms with Crippen LogP contribution < -0.4 is 11.1 Å². The van der Waals surface area contributed by atoms with Crippen LogP contribution in [0, 0.1) is 0 Å². The second-order valence-electron chi connectivity index (χ2n) is 10.6. The van der Waals surface area contributed by atoms with Crippen LogP contribution in [0.4, 0.5) is 4.79 Å². The van der Waals surface area contributed by atoms with Gasteiger partial charge in [0.2, 0.25) is 5.91 Å². The lowest BCUT2D eigenvalue weighted by molar-refractivity contribution is -0.147. The molecule has 0 spiro atoms. The molecule has 224 valence electrons. The molecule has 4 rings (SSSR count). The lowest BCUT2D eigenvalue weighted by Gasteiger charge is -2.24. The van der Waals surface area contributed by atoms with Crippen molar-refractivity contribution in [1.82, 2.24) is 30.4 Å². The summed E-state index contributed by atoms with van der Waals surface area (Å²) in [7, 11) is 0. The van der Waals surface area contributed by atoms with Gasteiger partial charge in [-0.05, 0) is 35.4 Å². The molecule has 3 aromatic rings. The maximum atomic E-state index is 12.7. The van der Waals surface area contributed by atoms with Gasteiger partial charge in [0.15, 0.2) is 5.82 Å². The molecular weight excluding hydrogens is 542 g/mol. The molecule has 1 saturated heterocycles. The van der Waals surface area contributed by atoms with Crippen LogP contribution in [-0.4, -0.2) is 81.0 Å². The third kappa shape index (κ3) is 9.08. The summed E-state index contributed by atoms with van der Waals surface area (Å²) in [5.74, 6) is -0.395. The van der Waals surface area contributed by atoms with Crippen molar-refractivity contribution in [3.8, 4) is 0 Å². The average molecular weight is 580 g/mol. The van der Waals surface area contributed by atoms with Gasteiger partial charge in [0.1, 0.15) is 18.8 Å². The lowest BCUT2D eigenvalue weighted by Crippen LogP contribution is -2.51. The molecule has 0 saturated carbocycles. The molecule has 0 bridgehead atoms. The van der Waals surface area contributed by atoms with Crippen molar-refractivity contribution in [3.63, 3.8) is 0 Å². The molecule has 0 unspecified atom stereocenters. The van der Waals surface area contributed by atoms with Gasteiger partial charge < -0.3 is 30.2 Å². The van der Waals surface area contributed by atoms with E-state index in [2.05, 4.69) is 20.8 Å². The van der Waals surface area contributed by atoms with Crippen LogP contribution in [0.25, 0.3) is 0 Å². The first-order valence-corrected chi connectivity index (χ1v) is 13.8. The van der Waals surface area contributed by atoms with E-state index in [9.17, 15) is 14.4 Å². The Morgan fingerprint density at radius 2 is 1.76 bits per heavy atom. The Morgan fingerprint density at radius 1 is 1.07 bits per heavy atom. The predicted molar refractivity (Wildman–Crippen MR) is 151 cm³/mol. The third-order valence-corrected chi connectivity index (χ3v) is 6.58. The summed E-state index contributed by atoms with van der Waals surface area (Å²) in [4.78, 5) is 39.1. The lowest BCUT2D eigenvalue weighted by atomic mass is 10.1. The van der Waals surface area contributed by atoms with Crippen molar-refractivity contribution in [2.24, 2.45) is 5.73 Å². The zero-order chi connectivity index (χ0) is 30.0. The minimum Gasteiger partial charge on any atom is -0.460 e. The molecule has 1 fully saturated rings. The van der Waals surface area contributed by atoms with Crippen LogP contribution in [0.1, 0.15) is 43.3 Å². The van der Waals surface area contributed by atoms with Crippen molar-refractivity contribution < 1.29 is 28.6 Å². The van der Waals surface area contributed by atoms with Gasteiger partial charge in [-0.2, -0.15) is 0 Å². The maximum Gasteiger partial charge on any atom is 0.409 e. The van der Waals surface area contributed by atoms with Gasteiger partial charge in [-0.25, -0.2) is 9.48 Å². The number of nitrogens with zero attached hydrogens (tertiary/aromatic N) is 5. The van der Waals surface area contributed by atoms with E-state index in [0.717, 1.165) is 11.1 Å².